The Morgan fingerprint density at radius 3 is 2.41 bits per heavy atom. The summed E-state index contributed by atoms with van der Waals surface area (Å²) in [6, 6.07) is 12.0. The number of hydrogen-bond acceptors (Lipinski definition) is 6. The fourth-order valence-electron chi connectivity index (χ4n) is 2.99. The van der Waals surface area contributed by atoms with Crippen molar-refractivity contribution in [1.82, 2.24) is 4.31 Å². The third-order valence-corrected chi connectivity index (χ3v) is 7.55. The summed E-state index contributed by atoms with van der Waals surface area (Å²) in [4.78, 5) is 0.250. The van der Waals surface area contributed by atoms with E-state index >= 15 is 0 Å². The monoisotopic (exact) mass is 409 g/mol. The summed E-state index contributed by atoms with van der Waals surface area (Å²) in [5.74, 6) is 2.67. The van der Waals surface area contributed by atoms with Gasteiger partial charge in [-0.05, 0) is 49.4 Å². The molecule has 0 amide bonds. The molecule has 1 aliphatic heterocycles. The van der Waals surface area contributed by atoms with Crippen molar-refractivity contribution < 1.29 is 22.6 Å². The normalized spacial score (nSPS) is 17.7. The largest absolute Gasteiger partial charge is 0.497 e. The molecule has 0 N–H and O–H groups in total. The zero-order valence-corrected chi connectivity index (χ0v) is 17.2. The van der Waals surface area contributed by atoms with Crippen LogP contribution in [-0.2, 0) is 10.0 Å². The molecule has 1 atom stereocenters. The maximum Gasteiger partial charge on any atom is 0.244 e. The minimum atomic E-state index is -3.65. The molecule has 146 valence electrons. The van der Waals surface area contributed by atoms with Crippen LogP contribution < -0.4 is 14.2 Å². The van der Waals surface area contributed by atoms with E-state index in [2.05, 4.69) is 0 Å². The Morgan fingerprint density at radius 2 is 1.78 bits per heavy atom. The van der Waals surface area contributed by atoms with E-state index in [4.69, 9.17) is 14.2 Å². The number of sulfonamides is 1. The predicted molar refractivity (Wildman–Crippen MR) is 106 cm³/mol. The van der Waals surface area contributed by atoms with Crippen LogP contribution in [0.4, 0.5) is 0 Å². The van der Waals surface area contributed by atoms with Crippen LogP contribution in [0.25, 0.3) is 0 Å². The zero-order chi connectivity index (χ0) is 19.4. The molecule has 0 bridgehead atoms. The first kappa shape index (κ1) is 19.9. The molecule has 2 aromatic rings. The lowest BCUT2D eigenvalue weighted by molar-refractivity contribution is 0.340. The number of nitrogens with zero attached hydrogens (tertiary/aromatic N) is 1. The maximum absolute atomic E-state index is 13.2. The van der Waals surface area contributed by atoms with Gasteiger partial charge in [0.1, 0.15) is 17.2 Å². The van der Waals surface area contributed by atoms with E-state index < -0.39 is 10.0 Å². The molecular formula is C19H23NO5S2. The Hall–Kier alpha value is -1.90. The predicted octanol–water partition coefficient (Wildman–Crippen LogP) is 3.54. The molecule has 1 aliphatic rings. The van der Waals surface area contributed by atoms with Crippen molar-refractivity contribution in [2.75, 3.05) is 33.1 Å². The Bertz CT molecular complexity index is 883. The average Bonchev–Trinajstić information content (AvgIpc) is 3.19. The molecule has 0 aromatic heterocycles. The van der Waals surface area contributed by atoms with Gasteiger partial charge in [-0.2, -0.15) is 4.31 Å². The van der Waals surface area contributed by atoms with Crippen molar-refractivity contribution in [2.24, 2.45) is 0 Å². The van der Waals surface area contributed by atoms with Crippen LogP contribution in [0.15, 0.2) is 47.4 Å². The molecule has 3 rings (SSSR count). The van der Waals surface area contributed by atoms with Crippen LogP contribution >= 0.6 is 11.8 Å². The lowest BCUT2D eigenvalue weighted by Crippen LogP contribution is -2.30. The van der Waals surface area contributed by atoms with Crippen LogP contribution in [0, 0.1) is 0 Å². The van der Waals surface area contributed by atoms with Gasteiger partial charge < -0.3 is 14.2 Å². The van der Waals surface area contributed by atoms with Crippen molar-refractivity contribution in [3.8, 4) is 17.2 Å². The number of benzene rings is 2. The number of rotatable bonds is 7. The van der Waals surface area contributed by atoms with Gasteiger partial charge in [-0.15, -0.1) is 11.8 Å². The highest BCUT2D eigenvalue weighted by atomic mass is 32.2. The van der Waals surface area contributed by atoms with Crippen LogP contribution in [0.1, 0.15) is 17.9 Å². The maximum atomic E-state index is 13.2. The topological polar surface area (TPSA) is 65.1 Å². The number of methoxy groups -OCH3 is 2. The van der Waals surface area contributed by atoms with Gasteiger partial charge in [0, 0.05) is 17.9 Å². The Labute approximate surface area is 164 Å². The first-order valence-electron chi connectivity index (χ1n) is 8.59. The lowest BCUT2D eigenvalue weighted by atomic mass is 10.2. The molecular weight excluding hydrogens is 386 g/mol. The Balaban J connectivity index is 1.96. The minimum Gasteiger partial charge on any atom is -0.497 e. The van der Waals surface area contributed by atoms with E-state index in [-0.39, 0.29) is 10.3 Å². The van der Waals surface area contributed by atoms with Crippen molar-refractivity contribution in [3.63, 3.8) is 0 Å². The fourth-order valence-corrected chi connectivity index (χ4v) is 6.24. The summed E-state index contributed by atoms with van der Waals surface area (Å²) in [7, 11) is -0.487. The average molecular weight is 410 g/mol. The van der Waals surface area contributed by atoms with Crippen molar-refractivity contribution >= 4 is 21.8 Å². The SMILES string of the molecule is CCOc1ccc(S(=O)(=O)N2CCS[C@@H]2c2cc(OC)ccc2OC)cc1. The molecule has 0 unspecified atom stereocenters. The number of hydrogen-bond donors (Lipinski definition) is 0. The third kappa shape index (κ3) is 4.02. The van der Waals surface area contributed by atoms with Gasteiger partial charge >= 0.3 is 0 Å². The molecule has 2 aromatic carbocycles. The summed E-state index contributed by atoms with van der Waals surface area (Å²) in [6.45, 7) is 2.86. The smallest absolute Gasteiger partial charge is 0.244 e. The molecule has 1 heterocycles. The van der Waals surface area contributed by atoms with Crippen LogP contribution in [0.2, 0.25) is 0 Å². The standard InChI is InChI=1S/C19H23NO5S2/c1-4-25-14-5-8-16(9-6-14)27(21,22)20-11-12-26-19(20)17-13-15(23-2)7-10-18(17)24-3/h5-10,13,19H,4,11-12H2,1-3H3/t19-/m1/s1. The molecule has 0 spiro atoms. The highest BCUT2D eigenvalue weighted by Gasteiger charge is 2.38. The molecule has 1 fully saturated rings. The van der Waals surface area contributed by atoms with Gasteiger partial charge in [0.25, 0.3) is 0 Å². The summed E-state index contributed by atoms with van der Waals surface area (Å²) in [5.41, 5.74) is 0.786. The Morgan fingerprint density at radius 1 is 1.07 bits per heavy atom. The quantitative estimate of drug-likeness (QED) is 0.697. The van der Waals surface area contributed by atoms with Crippen molar-refractivity contribution in [1.29, 1.82) is 0 Å². The van der Waals surface area contributed by atoms with Crippen LogP contribution in [0.3, 0.4) is 0 Å². The zero-order valence-electron chi connectivity index (χ0n) is 15.5. The van der Waals surface area contributed by atoms with Crippen molar-refractivity contribution in [2.45, 2.75) is 17.2 Å². The molecule has 0 aliphatic carbocycles. The minimum absolute atomic E-state index is 0.250. The summed E-state index contributed by atoms with van der Waals surface area (Å²) < 4.78 is 44.2. The van der Waals surface area contributed by atoms with E-state index in [1.165, 1.54) is 4.31 Å². The van der Waals surface area contributed by atoms with Gasteiger partial charge in [-0.3, -0.25) is 0 Å². The molecule has 27 heavy (non-hydrogen) atoms. The summed E-state index contributed by atoms with van der Waals surface area (Å²) in [5, 5.41) is -0.369. The molecule has 1 saturated heterocycles. The van der Waals surface area contributed by atoms with Gasteiger partial charge in [0.05, 0.1) is 31.1 Å². The molecule has 8 heteroatoms. The highest BCUT2D eigenvalue weighted by Crippen LogP contribution is 2.45. The second kappa shape index (κ2) is 8.41. The van der Waals surface area contributed by atoms with Crippen molar-refractivity contribution in [3.05, 3.63) is 48.0 Å². The summed E-state index contributed by atoms with van der Waals surface area (Å²) in [6.07, 6.45) is 0. The summed E-state index contributed by atoms with van der Waals surface area (Å²) >= 11 is 1.57. The highest BCUT2D eigenvalue weighted by molar-refractivity contribution is 8.01. The first-order chi connectivity index (χ1) is 13.0. The molecule has 0 radical (unpaired) electrons. The van der Waals surface area contributed by atoms with Crippen LogP contribution in [-0.4, -0.2) is 45.8 Å². The fraction of sp³-hybridized carbons (Fsp3) is 0.368. The van der Waals surface area contributed by atoms with E-state index in [0.717, 1.165) is 5.56 Å². The third-order valence-electron chi connectivity index (χ3n) is 4.29. The van der Waals surface area contributed by atoms with E-state index in [1.54, 1.807) is 62.4 Å². The van der Waals surface area contributed by atoms with E-state index in [0.29, 0.717) is 36.2 Å². The van der Waals surface area contributed by atoms with Gasteiger partial charge in [-0.1, -0.05) is 0 Å². The van der Waals surface area contributed by atoms with Crippen LogP contribution in [0.5, 0.6) is 17.2 Å². The van der Waals surface area contributed by atoms with Gasteiger partial charge in [0.2, 0.25) is 10.0 Å². The first-order valence-corrected chi connectivity index (χ1v) is 11.1. The van der Waals surface area contributed by atoms with E-state index in [1.807, 2.05) is 13.0 Å². The second-order valence-electron chi connectivity index (χ2n) is 5.85. The van der Waals surface area contributed by atoms with E-state index in [9.17, 15) is 8.42 Å². The lowest BCUT2D eigenvalue weighted by Gasteiger charge is -2.25. The molecule has 0 saturated carbocycles. The number of thioether (sulfide) groups is 1. The second-order valence-corrected chi connectivity index (χ2v) is 8.93. The van der Waals surface area contributed by atoms with Gasteiger partial charge in [0.15, 0.2) is 0 Å². The number of ether oxygens (including phenoxy) is 3. The van der Waals surface area contributed by atoms with Gasteiger partial charge in [-0.25, -0.2) is 8.42 Å². The molecule has 6 nitrogen and oxygen atoms in total. The Kier molecular flexibility index (Phi) is 6.18.